The summed E-state index contributed by atoms with van der Waals surface area (Å²) in [5, 5.41) is 3.15. The van der Waals surface area contributed by atoms with E-state index in [1.54, 1.807) is 12.3 Å². The van der Waals surface area contributed by atoms with Gasteiger partial charge in [-0.25, -0.2) is 18.2 Å². The van der Waals surface area contributed by atoms with Gasteiger partial charge in [0.15, 0.2) is 0 Å². The Morgan fingerprint density at radius 3 is 2.57 bits per heavy atom. The Hall–Kier alpha value is -3.63. The molecule has 1 aromatic carbocycles. The number of halogens is 3. The number of unbranched alkanes of at least 4 members (excludes halogenated alkanes) is 1. The molecule has 188 valence electrons. The van der Waals surface area contributed by atoms with E-state index in [-0.39, 0.29) is 10.6 Å². The van der Waals surface area contributed by atoms with Crippen LogP contribution in [0.3, 0.4) is 0 Å². The van der Waals surface area contributed by atoms with Crippen molar-refractivity contribution in [2.75, 3.05) is 18.5 Å². The number of pyridine rings is 1. The molecule has 35 heavy (non-hydrogen) atoms. The molecule has 2 rings (SSSR count). The lowest BCUT2D eigenvalue weighted by molar-refractivity contribution is -0.201. The minimum atomic E-state index is -5.38. The number of esters is 2. The molecule has 0 aliphatic rings. The lowest BCUT2D eigenvalue weighted by atomic mass is 10.2. The van der Waals surface area contributed by atoms with Crippen LogP contribution in [0.5, 0.6) is 5.75 Å². The molecule has 0 bridgehead atoms. The smallest absolute Gasteiger partial charge is 0.491 e. The average Bonchev–Trinajstić information content (AvgIpc) is 2.81. The minimum Gasteiger partial charge on any atom is -0.494 e. The number of anilines is 1. The van der Waals surface area contributed by atoms with Gasteiger partial charge in [-0.3, -0.25) is 4.79 Å². The summed E-state index contributed by atoms with van der Waals surface area (Å²) in [6, 6.07) is 9.40. The van der Waals surface area contributed by atoms with Crippen LogP contribution >= 0.6 is 0 Å². The molecule has 9 nitrogen and oxygen atoms in total. The second-order valence-electron chi connectivity index (χ2n) is 6.98. The SMILES string of the molecule is C#C[C@H](CC(=O)OC(=O)C(F)(F)F)NS(=O)(=O)c1cccc(OCCCCNc2ccccn2)c1. The van der Waals surface area contributed by atoms with Crippen LogP contribution in [0.1, 0.15) is 19.3 Å². The first-order chi connectivity index (χ1) is 16.5. The third-order valence-corrected chi connectivity index (χ3v) is 5.70. The number of rotatable bonds is 12. The van der Waals surface area contributed by atoms with Crippen molar-refractivity contribution >= 4 is 27.8 Å². The molecule has 2 aromatic rings. The predicted octanol–water partition coefficient (Wildman–Crippen LogP) is 2.66. The fourth-order valence-corrected chi connectivity index (χ4v) is 3.78. The quantitative estimate of drug-likeness (QED) is 0.192. The number of sulfonamides is 1. The average molecular weight is 513 g/mol. The number of aromatic nitrogens is 1. The Morgan fingerprint density at radius 1 is 1.14 bits per heavy atom. The molecule has 1 atom stereocenters. The van der Waals surface area contributed by atoms with E-state index in [4.69, 9.17) is 11.2 Å². The Bertz CT molecular complexity index is 1150. The lowest BCUT2D eigenvalue weighted by Gasteiger charge is -2.14. The van der Waals surface area contributed by atoms with Gasteiger partial charge in [0.25, 0.3) is 0 Å². The molecule has 0 spiro atoms. The maximum Gasteiger partial charge on any atom is 0.491 e. The first-order valence-corrected chi connectivity index (χ1v) is 11.7. The molecule has 2 N–H and O–H groups in total. The zero-order valence-corrected chi connectivity index (χ0v) is 19.1. The Labute approximate surface area is 200 Å². The largest absolute Gasteiger partial charge is 0.494 e. The minimum absolute atomic E-state index is 0.244. The number of benzene rings is 1. The molecular formula is C22H22F3N3O6S. The summed E-state index contributed by atoms with van der Waals surface area (Å²) in [6.07, 6.45) is 1.92. The monoisotopic (exact) mass is 513 g/mol. The molecule has 1 heterocycles. The van der Waals surface area contributed by atoms with Crippen LogP contribution in [0.25, 0.3) is 0 Å². The molecule has 0 aliphatic carbocycles. The number of nitrogens with one attached hydrogen (secondary N) is 2. The zero-order valence-electron chi connectivity index (χ0n) is 18.2. The Balaban J connectivity index is 1.85. The van der Waals surface area contributed by atoms with Crippen LogP contribution in [0.4, 0.5) is 19.0 Å². The lowest BCUT2D eigenvalue weighted by Crippen LogP contribution is -2.37. The normalized spacial score (nSPS) is 12.3. The molecule has 1 aromatic heterocycles. The number of alkyl halides is 3. The van der Waals surface area contributed by atoms with Crippen molar-refractivity contribution in [1.82, 2.24) is 9.71 Å². The van der Waals surface area contributed by atoms with Gasteiger partial charge < -0.3 is 14.8 Å². The molecule has 0 radical (unpaired) electrons. The first kappa shape index (κ1) is 27.6. The Morgan fingerprint density at radius 2 is 1.91 bits per heavy atom. The number of hydrogen-bond donors (Lipinski definition) is 2. The number of carbonyl (C=O) groups excluding carboxylic acids is 2. The maximum atomic E-state index is 12.6. The van der Waals surface area contributed by atoms with E-state index in [0.29, 0.717) is 19.6 Å². The highest BCUT2D eigenvalue weighted by Crippen LogP contribution is 2.19. The van der Waals surface area contributed by atoms with Crippen molar-refractivity contribution in [2.24, 2.45) is 0 Å². The second-order valence-corrected chi connectivity index (χ2v) is 8.69. The summed E-state index contributed by atoms with van der Waals surface area (Å²) in [5.41, 5.74) is 0. The summed E-state index contributed by atoms with van der Waals surface area (Å²) < 4.78 is 72.9. The van der Waals surface area contributed by atoms with Gasteiger partial charge in [-0.2, -0.15) is 17.9 Å². The molecular weight excluding hydrogens is 491 g/mol. The van der Waals surface area contributed by atoms with E-state index in [2.05, 4.69) is 15.0 Å². The van der Waals surface area contributed by atoms with Crippen molar-refractivity contribution in [3.8, 4) is 18.1 Å². The standard InChI is InChI=1S/C22H22F3N3O6S/c1-2-16(14-20(29)34-21(30)22(23,24)25)28-35(31,32)18-9-7-8-17(15-18)33-13-6-5-12-27-19-10-3-4-11-26-19/h1,3-4,7-11,15-16,28H,5-6,12-14H2,(H,26,27)/t16-/m1/s1. The van der Waals surface area contributed by atoms with E-state index in [9.17, 15) is 31.2 Å². The zero-order chi connectivity index (χ0) is 25.9. The fraction of sp³-hybridized carbons (Fsp3) is 0.318. The van der Waals surface area contributed by atoms with Crippen LogP contribution in [-0.2, 0) is 24.3 Å². The van der Waals surface area contributed by atoms with Gasteiger partial charge in [0, 0.05) is 18.8 Å². The molecule has 0 aliphatic heterocycles. The van der Waals surface area contributed by atoms with E-state index in [0.717, 1.165) is 12.2 Å². The van der Waals surface area contributed by atoms with Crippen molar-refractivity contribution < 1.29 is 40.7 Å². The van der Waals surface area contributed by atoms with Gasteiger partial charge in [0.05, 0.1) is 24.0 Å². The van der Waals surface area contributed by atoms with E-state index < -0.39 is 40.6 Å². The summed E-state index contributed by atoms with van der Waals surface area (Å²) in [5.74, 6) is -1.41. The van der Waals surface area contributed by atoms with E-state index in [1.165, 1.54) is 18.2 Å². The summed E-state index contributed by atoms with van der Waals surface area (Å²) in [7, 11) is -4.27. The topological polar surface area (TPSA) is 124 Å². The van der Waals surface area contributed by atoms with Crippen molar-refractivity contribution in [3.63, 3.8) is 0 Å². The van der Waals surface area contributed by atoms with Crippen LogP contribution in [0.2, 0.25) is 0 Å². The highest BCUT2D eigenvalue weighted by molar-refractivity contribution is 7.89. The molecule has 0 saturated heterocycles. The van der Waals surface area contributed by atoms with Crippen LogP contribution < -0.4 is 14.8 Å². The highest BCUT2D eigenvalue weighted by atomic mass is 32.2. The number of hydrogen-bond acceptors (Lipinski definition) is 8. The van der Waals surface area contributed by atoms with Gasteiger partial charge in [-0.15, -0.1) is 6.42 Å². The number of ether oxygens (including phenoxy) is 2. The molecule has 0 amide bonds. The van der Waals surface area contributed by atoms with Gasteiger partial charge in [-0.1, -0.05) is 18.1 Å². The van der Waals surface area contributed by atoms with Gasteiger partial charge in [0.1, 0.15) is 11.6 Å². The predicted molar refractivity (Wildman–Crippen MR) is 119 cm³/mol. The molecule has 0 fully saturated rings. The summed E-state index contributed by atoms with van der Waals surface area (Å²) in [4.78, 5) is 26.1. The maximum absolute atomic E-state index is 12.6. The molecule has 0 saturated carbocycles. The Kier molecular flexibility index (Phi) is 10.0. The van der Waals surface area contributed by atoms with Crippen molar-refractivity contribution in [3.05, 3.63) is 48.7 Å². The van der Waals surface area contributed by atoms with E-state index >= 15 is 0 Å². The highest BCUT2D eigenvalue weighted by Gasteiger charge is 2.42. The molecule has 13 heteroatoms. The first-order valence-electron chi connectivity index (χ1n) is 10.2. The van der Waals surface area contributed by atoms with Crippen LogP contribution in [0.15, 0.2) is 53.6 Å². The van der Waals surface area contributed by atoms with Crippen molar-refractivity contribution in [2.45, 2.75) is 36.4 Å². The van der Waals surface area contributed by atoms with Crippen LogP contribution in [0, 0.1) is 12.3 Å². The van der Waals surface area contributed by atoms with Gasteiger partial charge >= 0.3 is 18.1 Å². The van der Waals surface area contributed by atoms with Crippen LogP contribution in [-0.4, -0.2) is 50.7 Å². The molecule has 0 unspecified atom stereocenters. The number of nitrogens with zero attached hydrogens (tertiary/aromatic N) is 1. The number of terminal acetylenes is 1. The van der Waals surface area contributed by atoms with Crippen molar-refractivity contribution in [1.29, 1.82) is 0 Å². The third kappa shape index (κ3) is 9.63. The van der Waals surface area contributed by atoms with Gasteiger partial charge in [-0.05, 0) is 37.1 Å². The summed E-state index contributed by atoms with van der Waals surface area (Å²) in [6.45, 7) is 0.982. The second kappa shape index (κ2) is 12.7. The number of carbonyl (C=O) groups is 2. The third-order valence-electron chi connectivity index (χ3n) is 4.23. The fourth-order valence-electron chi connectivity index (χ4n) is 2.59. The summed E-state index contributed by atoms with van der Waals surface area (Å²) >= 11 is 0. The van der Waals surface area contributed by atoms with Gasteiger partial charge in [0.2, 0.25) is 10.0 Å². The van der Waals surface area contributed by atoms with E-state index in [1.807, 2.05) is 28.8 Å².